The molecule has 8 rings (SSSR count). The number of carbonyl (C=O) groups excluding carboxylic acids is 4. The number of allylic oxidation sites excluding steroid dienone is 1. The Bertz CT molecular complexity index is 2380. The molecule has 2 aromatic heterocycles. The van der Waals surface area contributed by atoms with Crippen LogP contribution in [0.15, 0.2) is 53.0 Å². The molecule has 55 heavy (non-hydrogen) atoms. The molecule has 5 atom stereocenters. The van der Waals surface area contributed by atoms with Gasteiger partial charge in [0.15, 0.2) is 11.3 Å². The number of hydrogen-bond donors (Lipinski definition) is 3. The van der Waals surface area contributed by atoms with Gasteiger partial charge < -0.3 is 29.4 Å². The number of sulfonamides is 1. The molecule has 0 unspecified atom stereocenters. The zero-order chi connectivity index (χ0) is 38.6. The number of hydrogen-bond acceptors (Lipinski definition) is 10. The van der Waals surface area contributed by atoms with E-state index in [9.17, 15) is 36.4 Å². The second-order valence-corrected chi connectivity index (χ2v) is 16.7. The van der Waals surface area contributed by atoms with Crippen LogP contribution >= 0.6 is 0 Å². The lowest BCUT2D eigenvalue weighted by Gasteiger charge is -2.29. The van der Waals surface area contributed by atoms with Crippen LogP contribution in [-0.4, -0.2) is 84.7 Å². The van der Waals surface area contributed by atoms with Crippen molar-refractivity contribution in [3.63, 3.8) is 0 Å². The van der Waals surface area contributed by atoms with Crippen LogP contribution in [0.5, 0.6) is 5.75 Å². The normalized spacial score (nSPS) is 26.1. The Morgan fingerprint density at radius 2 is 1.82 bits per heavy atom. The van der Waals surface area contributed by atoms with E-state index < -0.39 is 80.4 Å². The predicted octanol–water partition coefficient (Wildman–Crippen LogP) is 4.49. The van der Waals surface area contributed by atoms with Gasteiger partial charge >= 0.3 is 6.09 Å². The van der Waals surface area contributed by atoms with E-state index in [2.05, 4.69) is 20.3 Å². The third-order valence-electron chi connectivity index (χ3n) is 10.9. The minimum Gasteiger partial charge on any atom is -0.484 e. The zero-order valence-electron chi connectivity index (χ0n) is 29.8. The fourth-order valence-electron chi connectivity index (χ4n) is 7.68. The Kier molecular flexibility index (Phi) is 9.38. The van der Waals surface area contributed by atoms with Gasteiger partial charge in [0, 0.05) is 29.2 Å². The number of nitrogens with zero attached hydrogens (tertiary/aromatic N) is 2. The maximum Gasteiger partial charge on any atom is 0.407 e. The van der Waals surface area contributed by atoms with Gasteiger partial charge in [-0.1, -0.05) is 25.0 Å². The summed E-state index contributed by atoms with van der Waals surface area (Å²) in [6, 6.07) is 5.55. The molecule has 4 amide bonds. The molecule has 0 spiro atoms. The van der Waals surface area contributed by atoms with Gasteiger partial charge in [0.25, 0.3) is 5.91 Å². The fraction of sp³-hybridized carbons (Fsp3) is 0.447. The van der Waals surface area contributed by atoms with Crippen LogP contribution in [0.25, 0.3) is 33.0 Å². The van der Waals surface area contributed by atoms with Gasteiger partial charge in [-0.3, -0.25) is 19.1 Å². The molecule has 2 aromatic carbocycles. The number of fused-ring (bicyclic) bond motifs is 6. The highest BCUT2D eigenvalue weighted by Crippen LogP contribution is 2.46. The maximum absolute atomic E-state index is 14.7. The zero-order valence-corrected chi connectivity index (χ0v) is 30.6. The Balaban J connectivity index is 1.17. The number of rotatable bonds is 6. The highest BCUT2D eigenvalue weighted by atomic mass is 32.2. The van der Waals surface area contributed by atoms with E-state index in [-0.39, 0.29) is 48.1 Å². The van der Waals surface area contributed by atoms with Crippen molar-refractivity contribution >= 4 is 66.8 Å². The number of methoxy groups -OCH3 is 1. The van der Waals surface area contributed by atoms with Crippen LogP contribution in [0.3, 0.4) is 0 Å². The highest BCUT2D eigenvalue weighted by Gasteiger charge is 2.62. The summed E-state index contributed by atoms with van der Waals surface area (Å²) in [6.07, 6.45) is 5.77. The molecular formula is C38H39F2N5O9S. The Morgan fingerprint density at radius 1 is 1.04 bits per heavy atom. The number of nitrogens with one attached hydrogen (secondary N) is 3. The third-order valence-corrected chi connectivity index (χ3v) is 12.7. The quantitative estimate of drug-likeness (QED) is 0.236. The molecule has 14 nitrogen and oxygen atoms in total. The molecule has 3 N–H and O–H groups in total. The summed E-state index contributed by atoms with van der Waals surface area (Å²) in [7, 11) is -2.78. The molecule has 4 aromatic rings. The van der Waals surface area contributed by atoms with Crippen molar-refractivity contribution in [2.24, 2.45) is 5.92 Å². The average Bonchev–Trinajstić information content (AvgIpc) is 4.05. The van der Waals surface area contributed by atoms with Gasteiger partial charge in [-0.25, -0.2) is 27.0 Å². The number of ether oxygens (including phenoxy) is 2. The molecule has 3 fully saturated rings. The summed E-state index contributed by atoms with van der Waals surface area (Å²) >= 11 is 0. The van der Waals surface area contributed by atoms with Gasteiger partial charge in [0.2, 0.25) is 21.8 Å². The smallest absolute Gasteiger partial charge is 0.407 e. The van der Waals surface area contributed by atoms with Crippen molar-refractivity contribution in [1.29, 1.82) is 0 Å². The van der Waals surface area contributed by atoms with Crippen LogP contribution in [0.1, 0.15) is 57.8 Å². The summed E-state index contributed by atoms with van der Waals surface area (Å²) in [4.78, 5) is 60.9. The Labute approximate surface area is 314 Å². The molecular weight excluding hydrogens is 741 g/mol. The minimum absolute atomic E-state index is 0.0643. The van der Waals surface area contributed by atoms with E-state index >= 15 is 0 Å². The molecule has 4 aliphatic rings. The number of alkyl carbamates (subject to hydrolysis) is 1. The molecule has 290 valence electrons. The first-order chi connectivity index (χ1) is 26.4. The molecule has 2 aliphatic heterocycles. The van der Waals surface area contributed by atoms with Crippen molar-refractivity contribution in [2.75, 3.05) is 13.7 Å². The number of furan rings is 1. The average molecular weight is 780 g/mol. The van der Waals surface area contributed by atoms with Crippen molar-refractivity contribution in [3.05, 3.63) is 60.2 Å². The maximum atomic E-state index is 14.7. The van der Waals surface area contributed by atoms with Crippen molar-refractivity contribution < 1.29 is 50.3 Å². The van der Waals surface area contributed by atoms with Crippen molar-refractivity contribution in [3.8, 4) is 5.75 Å². The van der Waals surface area contributed by atoms with E-state index in [1.54, 1.807) is 0 Å². The summed E-state index contributed by atoms with van der Waals surface area (Å²) < 4.78 is 74.2. The second kappa shape index (κ2) is 14.1. The van der Waals surface area contributed by atoms with Crippen LogP contribution < -0.4 is 20.1 Å². The molecule has 4 heterocycles. The van der Waals surface area contributed by atoms with E-state index in [1.807, 2.05) is 12.2 Å². The van der Waals surface area contributed by atoms with Crippen LogP contribution in [-0.2, 0) is 29.1 Å². The number of halogens is 2. The van der Waals surface area contributed by atoms with Crippen LogP contribution in [0, 0.1) is 17.6 Å². The lowest BCUT2D eigenvalue weighted by molar-refractivity contribution is -0.141. The number of pyridine rings is 1. The van der Waals surface area contributed by atoms with Gasteiger partial charge in [-0.2, -0.15) is 0 Å². The standard InChI is InChI=1S/C38H39F2N5O9S/c1-52-37(49)42-28-8-6-4-2-3-5-7-20-18-38(20,36(48)44-55(50,51)24-11-12-24)43-34(46)29-17-23(19-45(29)35(28)47)53-32-26-15-21(39)10-14-27(26)41-31-25-13-9-22(40)16-30(25)54-33(31)32/h5,7,9-10,13-16,20,23-24,28-29H,2-4,6,8,11-12,17-19H2,1H3,(H,42,49)(H,43,46)(H,44,48)/t20-,23-,28+,29+,38-/m1/s1. The topological polar surface area (TPSA) is 186 Å². The van der Waals surface area contributed by atoms with Gasteiger partial charge in [-0.15, -0.1) is 0 Å². The van der Waals surface area contributed by atoms with E-state index in [0.29, 0.717) is 48.5 Å². The highest BCUT2D eigenvalue weighted by molar-refractivity contribution is 7.91. The number of aromatic nitrogens is 1. The van der Waals surface area contributed by atoms with Crippen molar-refractivity contribution in [2.45, 2.75) is 86.8 Å². The monoisotopic (exact) mass is 779 g/mol. The lowest BCUT2D eigenvalue weighted by Crippen LogP contribution is -2.58. The minimum atomic E-state index is -3.95. The van der Waals surface area contributed by atoms with Crippen LogP contribution in [0.2, 0.25) is 0 Å². The molecule has 2 saturated carbocycles. The molecule has 2 aliphatic carbocycles. The first-order valence-electron chi connectivity index (χ1n) is 18.3. The third kappa shape index (κ3) is 7.05. The SMILES string of the molecule is COC(=O)N[C@H]1CCCCCC=C[C@@H]2C[C@@]2(C(=O)NS(=O)(=O)C2CC2)NC(=O)[C@@H]2C[C@@H](Oc3c4cc(F)ccc4nc4c3oc3cc(F)ccc34)CN2C1=O. The first kappa shape index (κ1) is 36.6. The van der Waals surface area contributed by atoms with Crippen molar-refractivity contribution in [1.82, 2.24) is 25.2 Å². The molecule has 0 radical (unpaired) electrons. The van der Waals surface area contributed by atoms with Gasteiger partial charge in [0.05, 0.1) is 24.4 Å². The summed E-state index contributed by atoms with van der Waals surface area (Å²) in [5, 5.41) is 5.45. The number of benzene rings is 2. The van der Waals surface area contributed by atoms with E-state index in [0.717, 1.165) is 6.42 Å². The Hall–Kier alpha value is -5.32. The number of carbonyl (C=O) groups is 4. The van der Waals surface area contributed by atoms with E-state index in [4.69, 9.17) is 13.9 Å². The Morgan fingerprint density at radius 3 is 2.60 bits per heavy atom. The summed E-state index contributed by atoms with van der Waals surface area (Å²) in [5.41, 5.74) is -0.628. The molecule has 0 bridgehead atoms. The van der Waals surface area contributed by atoms with Gasteiger partial charge in [-0.05, 0) is 68.9 Å². The predicted molar refractivity (Wildman–Crippen MR) is 194 cm³/mol. The van der Waals surface area contributed by atoms with E-state index in [1.165, 1.54) is 48.4 Å². The summed E-state index contributed by atoms with van der Waals surface area (Å²) in [5.74, 6) is -3.74. The lowest BCUT2D eigenvalue weighted by atomic mass is 10.1. The largest absolute Gasteiger partial charge is 0.484 e. The number of amides is 4. The fourth-order valence-corrected chi connectivity index (χ4v) is 9.05. The molecule has 1 saturated heterocycles. The second-order valence-electron chi connectivity index (χ2n) is 14.7. The summed E-state index contributed by atoms with van der Waals surface area (Å²) in [6.45, 7) is -0.176. The van der Waals surface area contributed by atoms with Gasteiger partial charge in [0.1, 0.15) is 46.5 Å². The molecule has 17 heteroatoms. The first-order valence-corrected chi connectivity index (χ1v) is 19.9. The van der Waals surface area contributed by atoms with Crippen LogP contribution in [0.4, 0.5) is 13.6 Å².